The van der Waals surface area contributed by atoms with Gasteiger partial charge in [0.05, 0.1) is 40.3 Å². The van der Waals surface area contributed by atoms with Gasteiger partial charge in [-0.1, -0.05) is 35.9 Å². The summed E-state index contributed by atoms with van der Waals surface area (Å²) in [5.41, 5.74) is 17.6. The van der Waals surface area contributed by atoms with Crippen molar-refractivity contribution >= 4 is 34.3 Å². The molecule has 0 spiro atoms. The zero-order valence-corrected chi connectivity index (χ0v) is 19.7. The maximum absolute atomic E-state index is 13.8. The monoisotopic (exact) mass is 492 g/mol. The first kappa shape index (κ1) is 23.3. The predicted molar refractivity (Wildman–Crippen MR) is 138 cm³/mol. The van der Waals surface area contributed by atoms with Crippen molar-refractivity contribution in [2.45, 2.75) is 38.0 Å². The van der Waals surface area contributed by atoms with Gasteiger partial charge in [-0.15, -0.1) is 0 Å². The lowest BCUT2D eigenvalue weighted by atomic mass is 10.0. The number of aliphatic hydroxyl groups excluding tert-OH is 1. The molecule has 0 radical (unpaired) electrons. The third-order valence-electron chi connectivity index (χ3n) is 6.38. The predicted octanol–water partition coefficient (Wildman–Crippen LogP) is 4.61. The van der Waals surface area contributed by atoms with Crippen molar-refractivity contribution in [2.75, 3.05) is 5.32 Å². The molecule has 9 heteroatoms. The molecule has 5 rings (SSSR count). The summed E-state index contributed by atoms with van der Waals surface area (Å²) in [5, 5.41) is 18.3. The van der Waals surface area contributed by atoms with Gasteiger partial charge in [-0.05, 0) is 48.6 Å². The van der Waals surface area contributed by atoms with Gasteiger partial charge in [-0.25, -0.2) is 13.9 Å². The molecule has 0 saturated heterocycles. The second-order valence-electron chi connectivity index (χ2n) is 8.81. The van der Waals surface area contributed by atoms with E-state index >= 15 is 0 Å². The summed E-state index contributed by atoms with van der Waals surface area (Å²) in [4.78, 5) is 4.41. The molecule has 1 saturated carbocycles. The van der Waals surface area contributed by atoms with Crippen molar-refractivity contribution in [2.24, 2.45) is 16.5 Å². The van der Waals surface area contributed by atoms with Crippen LogP contribution in [0, 0.1) is 5.82 Å². The zero-order valence-electron chi connectivity index (χ0n) is 19.0. The van der Waals surface area contributed by atoms with Crippen LogP contribution in [0.1, 0.15) is 30.4 Å². The van der Waals surface area contributed by atoms with Crippen molar-refractivity contribution in [1.29, 1.82) is 0 Å². The van der Waals surface area contributed by atoms with Crippen LogP contribution in [-0.2, 0) is 6.61 Å². The van der Waals surface area contributed by atoms with E-state index in [4.69, 9.17) is 23.1 Å². The maximum atomic E-state index is 13.8. The van der Waals surface area contributed by atoms with E-state index in [1.54, 1.807) is 10.7 Å². The Morgan fingerprint density at radius 2 is 2.06 bits per heavy atom. The molecule has 4 aromatic rings. The van der Waals surface area contributed by atoms with Crippen LogP contribution in [0.3, 0.4) is 0 Å². The second kappa shape index (κ2) is 9.65. The van der Waals surface area contributed by atoms with Gasteiger partial charge >= 0.3 is 0 Å². The first-order valence-electron chi connectivity index (χ1n) is 11.4. The molecule has 0 unspecified atom stereocenters. The number of fused-ring (bicyclic) bond motifs is 1. The Bertz CT molecular complexity index is 1420. The summed E-state index contributed by atoms with van der Waals surface area (Å²) in [6.45, 7) is -0.0693. The number of aliphatic imine (C=N–C) groups is 1. The van der Waals surface area contributed by atoms with Crippen LogP contribution in [0.4, 0.5) is 15.8 Å². The molecule has 1 aliphatic rings. The standard InChI is InChI=1S/C26H26ClFN6O/c27-22-8-5-17(28)10-23(22)33-26(30)21-12-31-34-13-16(20-4-2-1-3-15(20)14-35)9-24(34)25(21)32-19-7-6-18(29)11-19/h1-5,8-10,12-13,18-19,32,35H,6-7,11,14,29H2,(H2,30,33)/t18-,19+/m0/s1. The average molecular weight is 493 g/mol. The molecule has 1 aliphatic carbocycles. The van der Waals surface area contributed by atoms with E-state index in [2.05, 4.69) is 15.4 Å². The number of nitrogens with two attached hydrogens (primary N) is 2. The highest BCUT2D eigenvalue weighted by Gasteiger charge is 2.24. The number of halogens is 2. The number of hydrogen-bond donors (Lipinski definition) is 4. The lowest BCUT2D eigenvalue weighted by Gasteiger charge is -2.18. The molecule has 0 bridgehead atoms. The van der Waals surface area contributed by atoms with E-state index in [1.165, 1.54) is 18.2 Å². The van der Waals surface area contributed by atoms with E-state index in [0.29, 0.717) is 10.6 Å². The number of hydrogen-bond acceptors (Lipinski definition) is 5. The zero-order chi connectivity index (χ0) is 24.5. The van der Waals surface area contributed by atoms with Gasteiger partial charge in [0.25, 0.3) is 0 Å². The number of aliphatic hydroxyl groups is 1. The molecule has 2 aromatic carbocycles. The molecule has 6 N–H and O–H groups in total. The third-order valence-corrected chi connectivity index (χ3v) is 6.70. The lowest BCUT2D eigenvalue weighted by Crippen LogP contribution is -2.24. The van der Waals surface area contributed by atoms with Gasteiger partial charge < -0.3 is 21.9 Å². The minimum Gasteiger partial charge on any atom is -0.392 e. The van der Waals surface area contributed by atoms with Gasteiger partial charge in [0.2, 0.25) is 0 Å². The Labute approximate surface area is 207 Å². The topological polar surface area (TPSA) is 114 Å². The maximum Gasteiger partial charge on any atom is 0.135 e. The molecule has 1 fully saturated rings. The molecular formula is C26H26ClFN6O. The number of aromatic nitrogens is 2. The highest BCUT2D eigenvalue weighted by atomic mass is 35.5. The SMILES string of the molecule is N/C(=N\c1cc(F)ccc1Cl)c1cnn2cc(-c3ccccc3CO)cc2c1N[C@@H]1CC[C@H](N)C1. The number of anilines is 1. The number of nitrogens with zero attached hydrogens (tertiary/aromatic N) is 3. The number of rotatable bonds is 6. The fourth-order valence-corrected chi connectivity index (χ4v) is 4.76. The molecule has 0 aliphatic heterocycles. The molecule has 7 nitrogen and oxygen atoms in total. The number of benzene rings is 2. The Morgan fingerprint density at radius 1 is 1.23 bits per heavy atom. The quantitative estimate of drug-likeness (QED) is 0.232. The number of nitrogens with one attached hydrogen (secondary N) is 1. The lowest BCUT2D eigenvalue weighted by molar-refractivity contribution is 0.282. The number of amidine groups is 1. The van der Waals surface area contributed by atoms with Gasteiger partial charge in [-0.2, -0.15) is 5.10 Å². The Hall–Kier alpha value is -3.46. The molecule has 180 valence electrons. The highest BCUT2D eigenvalue weighted by molar-refractivity contribution is 6.33. The summed E-state index contributed by atoms with van der Waals surface area (Å²) in [6.07, 6.45) is 6.26. The van der Waals surface area contributed by atoms with Gasteiger partial charge in [0.15, 0.2) is 0 Å². The molecule has 2 aromatic heterocycles. The van der Waals surface area contributed by atoms with Gasteiger partial charge in [0, 0.05) is 29.9 Å². The first-order chi connectivity index (χ1) is 16.9. The van der Waals surface area contributed by atoms with Crippen LogP contribution in [0.25, 0.3) is 16.6 Å². The molecule has 35 heavy (non-hydrogen) atoms. The van der Waals surface area contributed by atoms with Crippen molar-refractivity contribution in [3.63, 3.8) is 0 Å². The average Bonchev–Trinajstić information content (AvgIpc) is 3.47. The van der Waals surface area contributed by atoms with Crippen LogP contribution in [-0.4, -0.2) is 32.6 Å². The van der Waals surface area contributed by atoms with Crippen LogP contribution in [0.5, 0.6) is 0 Å². The summed E-state index contributed by atoms with van der Waals surface area (Å²) in [6, 6.07) is 14.0. The van der Waals surface area contributed by atoms with Crippen molar-refractivity contribution in [3.8, 4) is 11.1 Å². The minimum absolute atomic E-state index is 0.0693. The third kappa shape index (κ3) is 4.73. The Balaban J connectivity index is 1.64. The Morgan fingerprint density at radius 3 is 2.83 bits per heavy atom. The normalized spacial score (nSPS) is 18.3. The first-order valence-corrected chi connectivity index (χ1v) is 11.8. The summed E-state index contributed by atoms with van der Waals surface area (Å²) >= 11 is 6.22. The summed E-state index contributed by atoms with van der Waals surface area (Å²) in [7, 11) is 0. The van der Waals surface area contributed by atoms with Crippen molar-refractivity contribution in [3.05, 3.63) is 82.9 Å². The van der Waals surface area contributed by atoms with Crippen molar-refractivity contribution in [1.82, 2.24) is 9.61 Å². The van der Waals surface area contributed by atoms with E-state index in [1.807, 2.05) is 36.5 Å². The van der Waals surface area contributed by atoms with Gasteiger partial charge in [-0.3, -0.25) is 0 Å². The molecule has 2 atom stereocenters. The fraction of sp³-hybridized carbons (Fsp3) is 0.231. The molecular weight excluding hydrogens is 467 g/mol. The van der Waals surface area contributed by atoms with Gasteiger partial charge in [0.1, 0.15) is 11.7 Å². The highest BCUT2D eigenvalue weighted by Crippen LogP contribution is 2.33. The summed E-state index contributed by atoms with van der Waals surface area (Å²) < 4.78 is 15.6. The second-order valence-corrected chi connectivity index (χ2v) is 9.22. The fourth-order valence-electron chi connectivity index (χ4n) is 4.60. The Kier molecular flexibility index (Phi) is 6.42. The van der Waals surface area contributed by atoms with E-state index in [-0.39, 0.29) is 30.2 Å². The van der Waals surface area contributed by atoms with Crippen LogP contribution in [0.15, 0.2) is 65.9 Å². The largest absolute Gasteiger partial charge is 0.392 e. The summed E-state index contributed by atoms with van der Waals surface area (Å²) in [5.74, 6) is -0.289. The van der Waals surface area contributed by atoms with Crippen molar-refractivity contribution < 1.29 is 9.50 Å². The van der Waals surface area contributed by atoms with Crippen LogP contribution < -0.4 is 16.8 Å². The smallest absolute Gasteiger partial charge is 0.135 e. The van der Waals surface area contributed by atoms with E-state index < -0.39 is 5.82 Å². The van der Waals surface area contributed by atoms with E-state index in [9.17, 15) is 9.50 Å². The van der Waals surface area contributed by atoms with Crippen LogP contribution in [0.2, 0.25) is 5.02 Å². The van der Waals surface area contributed by atoms with E-state index in [0.717, 1.165) is 47.2 Å². The molecule has 0 amide bonds. The molecule has 2 heterocycles. The minimum atomic E-state index is -0.452. The van der Waals surface area contributed by atoms with Crippen LogP contribution >= 0.6 is 11.6 Å².